The Morgan fingerprint density at radius 1 is 1.14 bits per heavy atom. The lowest BCUT2D eigenvalue weighted by atomic mass is 9.99. The third-order valence-corrected chi connectivity index (χ3v) is 5.29. The highest BCUT2D eigenvalue weighted by atomic mass is 16.3. The standard InChI is InChI=1S/C23H25N3O2/c1-17(26-12-11-18-7-5-6-10-20(18)15-26)14-24-22(27)13-21-16-28-23(25-21)19-8-3-2-4-9-19/h2-10,16-17H,11-15H2,1H3,(H,24,27). The molecule has 1 aliphatic heterocycles. The number of amides is 1. The van der Waals surface area contributed by atoms with Crippen LogP contribution in [0.3, 0.4) is 0 Å². The van der Waals surface area contributed by atoms with Crippen molar-refractivity contribution in [2.24, 2.45) is 0 Å². The van der Waals surface area contributed by atoms with E-state index in [4.69, 9.17) is 4.42 Å². The summed E-state index contributed by atoms with van der Waals surface area (Å²) in [7, 11) is 0. The highest BCUT2D eigenvalue weighted by molar-refractivity contribution is 5.78. The van der Waals surface area contributed by atoms with Gasteiger partial charge in [-0.3, -0.25) is 9.69 Å². The molecule has 0 bridgehead atoms. The number of rotatable bonds is 6. The quantitative estimate of drug-likeness (QED) is 0.717. The number of nitrogens with one attached hydrogen (secondary N) is 1. The SMILES string of the molecule is CC(CNC(=O)Cc1coc(-c2ccccc2)n1)N1CCc2ccccc2C1. The second-order valence-corrected chi connectivity index (χ2v) is 7.33. The van der Waals surface area contributed by atoms with Crippen LogP contribution >= 0.6 is 0 Å². The number of aromatic nitrogens is 1. The Hall–Kier alpha value is -2.92. The number of benzene rings is 2. The molecule has 0 spiro atoms. The van der Waals surface area contributed by atoms with Crippen molar-refractivity contribution in [2.45, 2.75) is 32.4 Å². The van der Waals surface area contributed by atoms with Gasteiger partial charge in [0.05, 0.1) is 12.1 Å². The average Bonchev–Trinajstić information content (AvgIpc) is 3.20. The molecule has 1 N–H and O–H groups in total. The van der Waals surface area contributed by atoms with Gasteiger partial charge in [0.2, 0.25) is 11.8 Å². The first kappa shape index (κ1) is 18.4. The number of carbonyl (C=O) groups excluding carboxylic acids is 1. The Kier molecular flexibility index (Phi) is 5.53. The fraction of sp³-hybridized carbons (Fsp3) is 0.304. The van der Waals surface area contributed by atoms with Crippen LogP contribution in [0.25, 0.3) is 11.5 Å². The summed E-state index contributed by atoms with van der Waals surface area (Å²) in [6, 6.07) is 18.6. The van der Waals surface area contributed by atoms with Gasteiger partial charge in [-0.1, -0.05) is 42.5 Å². The lowest BCUT2D eigenvalue weighted by Gasteiger charge is -2.33. The van der Waals surface area contributed by atoms with Gasteiger partial charge in [-0.05, 0) is 36.6 Å². The van der Waals surface area contributed by atoms with Gasteiger partial charge in [-0.25, -0.2) is 4.98 Å². The molecule has 5 heteroatoms. The van der Waals surface area contributed by atoms with Gasteiger partial charge >= 0.3 is 0 Å². The summed E-state index contributed by atoms with van der Waals surface area (Å²) < 4.78 is 5.51. The second-order valence-electron chi connectivity index (χ2n) is 7.33. The van der Waals surface area contributed by atoms with E-state index < -0.39 is 0 Å². The summed E-state index contributed by atoms with van der Waals surface area (Å²) in [6.45, 7) is 4.76. The van der Waals surface area contributed by atoms with E-state index in [9.17, 15) is 4.79 Å². The van der Waals surface area contributed by atoms with Gasteiger partial charge in [-0.2, -0.15) is 0 Å². The molecule has 28 heavy (non-hydrogen) atoms. The monoisotopic (exact) mass is 375 g/mol. The minimum atomic E-state index is -0.0304. The topological polar surface area (TPSA) is 58.4 Å². The van der Waals surface area contributed by atoms with Crippen molar-refractivity contribution in [3.63, 3.8) is 0 Å². The second kappa shape index (κ2) is 8.40. The van der Waals surface area contributed by atoms with E-state index in [-0.39, 0.29) is 18.4 Å². The predicted octanol–water partition coefficient (Wildman–Crippen LogP) is 3.45. The first-order valence-corrected chi connectivity index (χ1v) is 9.76. The lowest BCUT2D eigenvalue weighted by Crippen LogP contribution is -2.44. The summed E-state index contributed by atoms with van der Waals surface area (Å²) in [6.07, 6.45) is 2.86. The van der Waals surface area contributed by atoms with Crippen molar-refractivity contribution >= 4 is 5.91 Å². The Bertz CT molecular complexity index is 936. The summed E-state index contributed by atoms with van der Waals surface area (Å²) in [5.41, 5.74) is 4.39. The normalized spacial score (nSPS) is 15.0. The number of nitrogens with zero attached hydrogens (tertiary/aromatic N) is 2. The Morgan fingerprint density at radius 2 is 1.89 bits per heavy atom. The Balaban J connectivity index is 1.27. The van der Waals surface area contributed by atoms with Crippen molar-refractivity contribution in [3.05, 3.63) is 77.7 Å². The molecule has 1 aliphatic rings. The first-order valence-electron chi connectivity index (χ1n) is 9.76. The van der Waals surface area contributed by atoms with Crippen LogP contribution in [0.4, 0.5) is 0 Å². The molecule has 4 rings (SSSR count). The molecule has 5 nitrogen and oxygen atoms in total. The predicted molar refractivity (Wildman–Crippen MR) is 109 cm³/mol. The molecule has 1 amide bonds. The van der Waals surface area contributed by atoms with Gasteiger partial charge in [0.1, 0.15) is 6.26 Å². The number of hydrogen-bond acceptors (Lipinski definition) is 4. The van der Waals surface area contributed by atoms with Crippen LogP contribution in [0.5, 0.6) is 0 Å². The van der Waals surface area contributed by atoms with Crippen LogP contribution in [-0.2, 0) is 24.2 Å². The van der Waals surface area contributed by atoms with Crippen molar-refractivity contribution in [1.29, 1.82) is 0 Å². The maximum absolute atomic E-state index is 12.3. The molecule has 0 aliphatic carbocycles. The third kappa shape index (κ3) is 4.31. The van der Waals surface area contributed by atoms with E-state index in [2.05, 4.69) is 46.4 Å². The van der Waals surface area contributed by atoms with Crippen LogP contribution < -0.4 is 5.32 Å². The van der Waals surface area contributed by atoms with Crippen molar-refractivity contribution in [2.75, 3.05) is 13.1 Å². The zero-order chi connectivity index (χ0) is 19.3. The Morgan fingerprint density at radius 3 is 2.71 bits per heavy atom. The molecule has 1 aromatic heterocycles. The largest absolute Gasteiger partial charge is 0.444 e. The van der Waals surface area contributed by atoms with Crippen LogP contribution in [0.1, 0.15) is 23.7 Å². The minimum absolute atomic E-state index is 0.0304. The van der Waals surface area contributed by atoms with Gasteiger partial charge in [0.15, 0.2) is 0 Å². The minimum Gasteiger partial charge on any atom is -0.444 e. The fourth-order valence-electron chi connectivity index (χ4n) is 3.61. The molecule has 0 radical (unpaired) electrons. The summed E-state index contributed by atoms with van der Waals surface area (Å²) in [4.78, 5) is 19.2. The van der Waals surface area contributed by atoms with Crippen LogP contribution in [0.15, 0.2) is 65.3 Å². The van der Waals surface area contributed by atoms with E-state index in [0.29, 0.717) is 18.1 Å². The molecule has 2 heterocycles. The van der Waals surface area contributed by atoms with Crippen molar-refractivity contribution in [1.82, 2.24) is 15.2 Å². The molecule has 2 aromatic carbocycles. The third-order valence-electron chi connectivity index (χ3n) is 5.29. The fourth-order valence-corrected chi connectivity index (χ4v) is 3.61. The average molecular weight is 375 g/mol. The Labute approximate surface area is 165 Å². The molecule has 0 saturated carbocycles. The molecule has 144 valence electrons. The van der Waals surface area contributed by atoms with E-state index in [0.717, 1.165) is 25.1 Å². The summed E-state index contributed by atoms with van der Waals surface area (Å²) in [5.74, 6) is 0.515. The number of fused-ring (bicyclic) bond motifs is 1. The zero-order valence-electron chi connectivity index (χ0n) is 16.1. The van der Waals surface area contributed by atoms with E-state index in [1.54, 1.807) is 6.26 Å². The molecular formula is C23H25N3O2. The van der Waals surface area contributed by atoms with E-state index in [1.807, 2.05) is 30.3 Å². The maximum Gasteiger partial charge on any atom is 0.226 e. The number of hydrogen-bond donors (Lipinski definition) is 1. The molecule has 1 unspecified atom stereocenters. The highest BCUT2D eigenvalue weighted by Crippen LogP contribution is 2.20. The molecule has 3 aromatic rings. The van der Waals surface area contributed by atoms with Gasteiger partial charge in [0.25, 0.3) is 0 Å². The highest BCUT2D eigenvalue weighted by Gasteiger charge is 2.21. The van der Waals surface area contributed by atoms with Crippen molar-refractivity contribution in [3.8, 4) is 11.5 Å². The summed E-state index contributed by atoms with van der Waals surface area (Å²) in [5, 5.41) is 3.04. The number of carbonyl (C=O) groups is 1. The maximum atomic E-state index is 12.3. The number of oxazole rings is 1. The molecule has 0 fully saturated rings. The van der Waals surface area contributed by atoms with Crippen LogP contribution in [0, 0.1) is 0 Å². The van der Waals surface area contributed by atoms with E-state index >= 15 is 0 Å². The van der Waals surface area contributed by atoms with E-state index in [1.165, 1.54) is 11.1 Å². The molecular weight excluding hydrogens is 350 g/mol. The van der Waals surface area contributed by atoms with Gasteiger partial charge in [0, 0.05) is 31.2 Å². The molecule has 0 saturated heterocycles. The zero-order valence-corrected chi connectivity index (χ0v) is 16.1. The lowest BCUT2D eigenvalue weighted by molar-refractivity contribution is -0.120. The summed E-state index contributed by atoms with van der Waals surface area (Å²) >= 11 is 0. The van der Waals surface area contributed by atoms with Gasteiger partial charge in [-0.15, -0.1) is 0 Å². The first-order chi connectivity index (χ1) is 13.7. The molecule has 1 atom stereocenters. The smallest absolute Gasteiger partial charge is 0.226 e. The van der Waals surface area contributed by atoms with Crippen LogP contribution in [0.2, 0.25) is 0 Å². The van der Waals surface area contributed by atoms with Crippen LogP contribution in [-0.4, -0.2) is 34.9 Å². The van der Waals surface area contributed by atoms with Gasteiger partial charge < -0.3 is 9.73 Å². The van der Waals surface area contributed by atoms with Crippen molar-refractivity contribution < 1.29 is 9.21 Å².